The second-order valence-electron chi connectivity index (χ2n) is 11.6. The van der Waals surface area contributed by atoms with E-state index in [1.54, 1.807) is 4.90 Å². The minimum absolute atomic E-state index is 0.0400. The molecule has 0 unspecified atom stereocenters. The third-order valence-corrected chi connectivity index (χ3v) is 9.06. The summed E-state index contributed by atoms with van der Waals surface area (Å²) in [4.78, 5) is 30.1. The summed E-state index contributed by atoms with van der Waals surface area (Å²) in [5.41, 5.74) is 1.000. The lowest BCUT2D eigenvalue weighted by molar-refractivity contribution is -0.199. The van der Waals surface area contributed by atoms with Crippen LogP contribution in [0.3, 0.4) is 0 Å². The van der Waals surface area contributed by atoms with Gasteiger partial charge in [0.15, 0.2) is 0 Å². The first-order valence-electron chi connectivity index (χ1n) is 13.1. The number of benzene rings is 1. The number of nitrogens with zero attached hydrogens (tertiary/aromatic N) is 2. The van der Waals surface area contributed by atoms with E-state index >= 15 is 0 Å². The Bertz CT molecular complexity index is 1030. The molecule has 0 spiro atoms. The molecule has 5 aliphatic rings. The van der Waals surface area contributed by atoms with Crippen molar-refractivity contribution in [1.29, 1.82) is 0 Å². The van der Waals surface area contributed by atoms with Gasteiger partial charge in [-0.05, 0) is 49.0 Å². The lowest BCUT2D eigenvalue weighted by Crippen LogP contribution is -2.65. The summed E-state index contributed by atoms with van der Waals surface area (Å²) in [6.45, 7) is 14.8. The summed E-state index contributed by atoms with van der Waals surface area (Å²) in [5, 5.41) is 3.18. The molecule has 8 nitrogen and oxygen atoms in total. The average Bonchev–Trinajstić information content (AvgIpc) is 3.21. The number of hydrogen-bond acceptors (Lipinski definition) is 5. The Hall–Kier alpha value is -2.41. The number of carbonyl (C=O) groups is 2. The van der Waals surface area contributed by atoms with Crippen LogP contribution >= 0.6 is 0 Å². The molecule has 9 heteroatoms. The highest BCUT2D eigenvalue weighted by atomic mass is 16.7. The Kier molecular flexibility index (Phi) is 6.88. The molecular formula is C27H36BN3O5. The van der Waals surface area contributed by atoms with Crippen molar-refractivity contribution in [2.45, 2.75) is 70.2 Å². The molecule has 2 amide bonds. The predicted octanol–water partition coefficient (Wildman–Crippen LogP) is 2.52. The van der Waals surface area contributed by atoms with Gasteiger partial charge < -0.3 is 29.1 Å². The topological polar surface area (TPSA) is 81.5 Å². The molecule has 1 aromatic rings. The van der Waals surface area contributed by atoms with Gasteiger partial charge >= 0.3 is 13.0 Å². The van der Waals surface area contributed by atoms with Gasteiger partial charge in [-0.25, -0.2) is 6.57 Å². The van der Waals surface area contributed by atoms with Gasteiger partial charge in [-0.3, -0.25) is 9.59 Å². The van der Waals surface area contributed by atoms with Crippen molar-refractivity contribution in [1.82, 2.24) is 10.2 Å². The van der Waals surface area contributed by atoms with Crippen LogP contribution in [0.15, 0.2) is 30.3 Å². The van der Waals surface area contributed by atoms with Crippen LogP contribution in [0, 0.1) is 23.8 Å². The largest absolute Gasteiger partial charge is 0.482 e. The van der Waals surface area contributed by atoms with Crippen LogP contribution in [0.25, 0.3) is 4.85 Å². The van der Waals surface area contributed by atoms with Crippen LogP contribution < -0.4 is 5.32 Å². The zero-order valence-corrected chi connectivity index (χ0v) is 21.4. The van der Waals surface area contributed by atoms with E-state index in [2.05, 4.69) is 30.9 Å². The summed E-state index contributed by atoms with van der Waals surface area (Å²) in [7, 11) is -0.525. The van der Waals surface area contributed by atoms with Gasteiger partial charge in [-0.1, -0.05) is 44.2 Å². The van der Waals surface area contributed by atoms with Crippen LogP contribution in [-0.4, -0.2) is 73.8 Å². The SMILES string of the molecule is [C-]#[N+]CC(=O)N1CCO[C@@H](CC(=O)N[C@@H](Cc2ccccc2)B2O[C@@H]3C[C@@H]4C[C@@H](C4(C)C)[C@]3(C)O2)C1. The molecule has 0 radical (unpaired) electrons. The summed E-state index contributed by atoms with van der Waals surface area (Å²) in [6.07, 6.45) is 2.54. The molecule has 2 bridgehead atoms. The van der Waals surface area contributed by atoms with Crippen molar-refractivity contribution >= 4 is 18.9 Å². The normalized spacial score (nSPS) is 33.2. The number of nitrogens with one attached hydrogen (secondary N) is 1. The van der Waals surface area contributed by atoms with E-state index in [-0.39, 0.29) is 47.8 Å². The molecule has 0 aromatic heterocycles. The first kappa shape index (κ1) is 25.3. The van der Waals surface area contributed by atoms with E-state index in [0.29, 0.717) is 38.0 Å². The second kappa shape index (κ2) is 9.81. The quantitative estimate of drug-likeness (QED) is 0.467. The minimum atomic E-state index is -0.525. The van der Waals surface area contributed by atoms with Crippen molar-refractivity contribution in [3.05, 3.63) is 47.3 Å². The Morgan fingerprint density at radius 2 is 2.03 bits per heavy atom. The molecule has 2 saturated heterocycles. The van der Waals surface area contributed by atoms with E-state index < -0.39 is 13.2 Å². The second-order valence-corrected chi connectivity index (χ2v) is 11.6. The predicted molar refractivity (Wildman–Crippen MR) is 135 cm³/mol. The first-order chi connectivity index (χ1) is 17.2. The maximum absolute atomic E-state index is 13.2. The summed E-state index contributed by atoms with van der Waals surface area (Å²) >= 11 is 0. The van der Waals surface area contributed by atoms with Gasteiger partial charge in [0.25, 0.3) is 6.54 Å². The Labute approximate surface area is 214 Å². The number of ether oxygens (including phenoxy) is 1. The smallest absolute Gasteiger partial charge is 0.404 e. The molecule has 192 valence electrons. The van der Waals surface area contributed by atoms with Crippen LogP contribution in [-0.2, 0) is 30.1 Å². The summed E-state index contributed by atoms with van der Waals surface area (Å²) in [6, 6.07) is 10.1. The van der Waals surface area contributed by atoms with Gasteiger partial charge in [0.05, 0.1) is 36.8 Å². The molecule has 6 rings (SSSR count). The van der Waals surface area contributed by atoms with E-state index in [0.717, 1.165) is 12.0 Å². The minimum Gasteiger partial charge on any atom is -0.404 e. The molecule has 1 N–H and O–H groups in total. The van der Waals surface area contributed by atoms with Gasteiger partial charge in [0, 0.05) is 13.1 Å². The van der Waals surface area contributed by atoms with Crippen molar-refractivity contribution in [2.24, 2.45) is 17.3 Å². The first-order valence-corrected chi connectivity index (χ1v) is 13.1. The fraction of sp³-hybridized carbons (Fsp3) is 0.667. The van der Waals surface area contributed by atoms with Crippen LogP contribution in [0.5, 0.6) is 0 Å². The zero-order valence-electron chi connectivity index (χ0n) is 21.4. The zero-order chi connectivity index (χ0) is 25.5. The number of hydrogen-bond donors (Lipinski definition) is 1. The third-order valence-electron chi connectivity index (χ3n) is 9.06. The van der Waals surface area contributed by atoms with Crippen LogP contribution in [0.2, 0.25) is 0 Å². The van der Waals surface area contributed by atoms with E-state index in [4.69, 9.17) is 20.6 Å². The molecule has 2 heterocycles. The van der Waals surface area contributed by atoms with Gasteiger partial charge in [0.1, 0.15) is 0 Å². The van der Waals surface area contributed by atoms with Gasteiger partial charge in [0.2, 0.25) is 5.91 Å². The van der Waals surface area contributed by atoms with Gasteiger partial charge in [-0.2, -0.15) is 0 Å². The van der Waals surface area contributed by atoms with Crippen LogP contribution in [0.1, 0.15) is 45.6 Å². The molecule has 1 aromatic carbocycles. The molecule has 3 aliphatic carbocycles. The lowest BCUT2D eigenvalue weighted by Gasteiger charge is -2.64. The number of amides is 2. The van der Waals surface area contributed by atoms with Crippen molar-refractivity contribution in [2.75, 3.05) is 26.2 Å². The van der Waals surface area contributed by atoms with Crippen molar-refractivity contribution < 1.29 is 23.6 Å². The number of carbonyl (C=O) groups excluding carboxylic acids is 2. The number of morpholine rings is 1. The van der Waals surface area contributed by atoms with Crippen molar-refractivity contribution in [3.8, 4) is 0 Å². The Morgan fingerprint density at radius 3 is 2.75 bits per heavy atom. The summed E-state index contributed by atoms with van der Waals surface area (Å²) < 4.78 is 19.0. The van der Waals surface area contributed by atoms with E-state index in [1.807, 2.05) is 30.3 Å². The van der Waals surface area contributed by atoms with Crippen LogP contribution in [0.4, 0.5) is 0 Å². The van der Waals surface area contributed by atoms with E-state index in [1.165, 1.54) is 6.42 Å². The lowest BCUT2D eigenvalue weighted by atomic mass is 9.43. The maximum Gasteiger partial charge on any atom is 0.482 e. The standard InChI is InChI=1S/C27H36BN3O5/c1-26(2)19-13-21(26)27(3)22(14-19)35-28(36-27)23(12-18-8-6-5-7-9-18)30-24(32)15-20-17-31(10-11-34-20)25(33)16-29-4/h5-9,19-23H,10-17H2,1-3H3,(H,30,32)/t19-,20-,21-,22+,23-,27-/m0/s1. The fourth-order valence-corrected chi connectivity index (χ4v) is 6.86. The molecule has 36 heavy (non-hydrogen) atoms. The Balaban J connectivity index is 1.26. The molecular weight excluding hydrogens is 457 g/mol. The van der Waals surface area contributed by atoms with E-state index in [9.17, 15) is 9.59 Å². The summed E-state index contributed by atoms with van der Waals surface area (Å²) in [5.74, 6) is 0.386. The monoisotopic (exact) mass is 493 g/mol. The fourth-order valence-electron chi connectivity index (χ4n) is 6.86. The molecule has 2 aliphatic heterocycles. The third kappa shape index (κ3) is 4.67. The number of rotatable bonds is 7. The molecule has 5 fully saturated rings. The highest BCUT2D eigenvalue weighted by molar-refractivity contribution is 6.48. The van der Waals surface area contributed by atoms with Gasteiger partial charge in [-0.15, -0.1) is 0 Å². The molecule has 6 atom stereocenters. The highest BCUT2D eigenvalue weighted by Gasteiger charge is 2.68. The molecule has 3 saturated carbocycles. The average molecular weight is 493 g/mol. The van der Waals surface area contributed by atoms with Crippen molar-refractivity contribution in [3.63, 3.8) is 0 Å². The Morgan fingerprint density at radius 1 is 1.25 bits per heavy atom. The highest BCUT2D eigenvalue weighted by Crippen LogP contribution is 2.65. The maximum atomic E-state index is 13.2.